The second kappa shape index (κ2) is 15.7. The highest BCUT2D eigenvalue weighted by Crippen LogP contribution is 1.48. The molecular weight excluding hydrogens is 146 g/mol. The minimum atomic E-state index is -0.833. The van der Waals surface area contributed by atoms with Gasteiger partial charge in [0.2, 0.25) is 5.91 Å². The van der Waals surface area contributed by atoms with Crippen LogP contribution in [0.1, 0.15) is 0 Å². The Morgan fingerprint density at radius 1 is 1.09 bits per heavy atom. The molecule has 11 heavy (non-hydrogen) atoms. The van der Waals surface area contributed by atoms with E-state index in [0.29, 0.717) is 0 Å². The van der Waals surface area contributed by atoms with Gasteiger partial charge in [0.05, 0.1) is 0 Å². The van der Waals surface area contributed by atoms with Crippen LogP contribution in [0.4, 0.5) is 4.79 Å². The first kappa shape index (κ1) is 16.1. The molecule has 0 aromatic rings. The van der Waals surface area contributed by atoms with Crippen molar-refractivity contribution in [1.29, 1.82) is 0 Å². The highest BCUT2D eigenvalue weighted by molar-refractivity contribution is 5.84. The van der Waals surface area contributed by atoms with E-state index in [2.05, 4.69) is 36.9 Å². The maximum absolute atomic E-state index is 9.47. The number of carbonyl (C=O) groups is 2. The van der Waals surface area contributed by atoms with E-state index in [1.165, 1.54) is 0 Å². The fourth-order valence-electron chi connectivity index (χ4n) is 0. The molecule has 5 heteroatoms. The summed E-state index contributed by atoms with van der Waals surface area (Å²) in [5, 5.41) is 0. The van der Waals surface area contributed by atoms with Crippen LogP contribution in [-0.2, 0) is 4.79 Å². The minimum Gasteiger partial charge on any atom is -0.366 e. The molecule has 0 aromatic carbocycles. The largest absolute Gasteiger partial charge is 0.366 e. The number of hydrogen-bond acceptors (Lipinski definition) is 2. The van der Waals surface area contributed by atoms with Crippen molar-refractivity contribution in [2.24, 2.45) is 17.2 Å². The number of urea groups is 1. The summed E-state index contributed by atoms with van der Waals surface area (Å²) in [7, 11) is 0. The van der Waals surface area contributed by atoms with Crippen LogP contribution < -0.4 is 17.2 Å². The van der Waals surface area contributed by atoms with E-state index in [9.17, 15) is 4.79 Å². The summed E-state index contributed by atoms with van der Waals surface area (Å²) in [5.74, 6) is -0.481. The van der Waals surface area contributed by atoms with Gasteiger partial charge in [-0.25, -0.2) is 4.79 Å². The van der Waals surface area contributed by atoms with Crippen molar-refractivity contribution in [2.45, 2.75) is 0 Å². The number of rotatable bonds is 1. The van der Waals surface area contributed by atoms with Crippen LogP contribution in [0, 0.1) is 0 Å². The smallest absolute Gasteiger partial charge is 0.309 e. The molecule has 0 unspecified atom stereocenters. The highest BCUT2D eigenvalue weighted by Gasteiger charge is 1.69. The Balaban J connectivity index is -0.0000000965. The third kappa shape index (κ3) is 6570. The first-order valence-corrected chi connectivity index (χ1v) is 2.47. The standard InChI is InChI=1S/C3H5NO.C2H4.CH4N2O/c1-2-3(4)5;1-2;2-1(3)4/h2H,1H2,(H2,4,5);1-2H2;(H4,2,3,4). The van der Waals surface area contributed by atoms with E-state index < -0.39 is 11.9 Å². The molecule has 0 saturated carbocycles. The average molecular weight is 159 g/mol. The quantitative estimate of drug-likeness (QED) is 0.353. The summed E-state index contributed by atoms with van der Waals surface area (Å²) in [6, 6.07) is -0.833. The highest BCUT2D eigenvalue weighted by atomic mass is 16.2. The molecular formula is C6H13N3O2. The van der Waals surface area contributed by atoms with Crippen LogP contribution in [0.5, 0.6) is 0 Å². The summed E-state index contributed by atoms with van der Waals surface area (Å²) in [6.07, 6.45) is 1.06. The lowest BCUT2D eigenvalue weighted by Gasteiger charge is -1.65. The molecule has 6 N–H and O–H groups in total. The van der Waals surface area contributed by atoms with Crippen molar-refractivity contribution in [2.75, 3.05) is 0 Å². The van der Waals surface area contributed by atoms with Crippen molar-refractivity contribution >= 4 is 11.9 Å². The van der Waals surface area contributed by atoms with Crippen LogP contribution in [-0.4, -0.2) is 11.9 Å². The zero-order valence-electron chi connectivity index (χ0n) is 6.25. The third-order valence-corrected chi connectivity index (χ3v) is 0.201. The summed E-state index contributed by atoms with van der Waals surface area (Å²) in [4.78, 5) is 18.5. The Labute approximate surface area is 65.5 Å². The second-order valence-corrected chi connectivity index (χ2v) is 1.01. The topological polar surface area (TPSA) is 112 Å². The van der Waals surface area contributed by atoms with E-state index in [0.717, 1.165) is 6.08 Å². The molecule has 64 valence electrons. The van der Waals surface area contributed by atoms with Crippen molar-refractivity contribution in [1.82, 2.24) is 0 Å². The van der Waals surface area contributed by atoms with Crippen molar-refractivity contribution in [3.8, 4) is 0 Å². The molecule has 3 amide bonds. The molecule has 0 rings (SSSR count). The van der Waals surface area contributed by atoms with Crippen LogP contribution in [0.3, 0.4) is 0 Å². The SMILES string of the molecule is C=C.C=CC(N)=O.NC(N)=O. The Bertz CT molecular complexity index is 130. The van der Waals surface area contributed by atoms with Crippen LogP contribution in [0.15, 0.2) is 25.8 Å². The summed E-state index contributed by atoms with van der Waals surface area (Å²) in [6.45, 7) is 9.09. The Hall–Kier alpha value is -1.78. The van der Waals surface area contributed by atoms with Crippen molar-refractivity contribution < 1.29 is 9.59 Å². The molecule has 0 atom stereocenters. The number of nitrogens with two attached hydrogens (primary N) is 3. The van der Waals surface area contributed by atoms with Crippen LogP contribution in [0.25, 0.3) is 0 Å². The van der Waals surface area contributed by atoms with E-state index in [1.807, 2.05) is 0 Å². The molecule has 0 aliphatic heterocycles. The lowest BCUT2D eigenvalue weighted by atomic mass is 10.6. The van der Waals surface area contributed by atoms with Gasteiger partial charge in [0.25, 0.3) is 0 Å². The first-order valence-electron chi connectivity index (χ1n) is 2.47. The van der Waals surface area contributed by atoms with Gasteiger partial charge in [-0.1, -0.05) is 6.58 Å². The summed E-state index contributed by atoms with van der Waals surface area (Å²) >= 11 is 0. The number of carbonyl (C=O) groups excluding carboxylic acids is 2. The molecule has 0 radical (unpaired) electrons. The Kier molecular flexibility index (Phi) is 23.0. The lowest BCUT2D eigenvalue weighted by Crippen LogP contribution is -2.18. The average Bonchev–Trinajstić information content (AvgIpc) is 1.91. The molecule has 0 aliphatic rings. The second-order valence-electron chi connectivity index (χ2n) is 1.01. The third-order valence-electron chi connectivity index (χ3n) is 0.201. The zero-order valence-corrected chi connectivity index (χ0v) is 6.25. The van der Waals surface area contributed by atoms with Gasteiger partial charge in [-0.15, -0.1) is 13.2 Å². The van der Waals surface area contributed by atoms with E-state index in [4.69, 9.17) is 4.79 Å². The minimum absolute atomic E-state index is 0.481. The number of hydrogen-bond donors (Lipinski definition) is 3. The Morgan fingerprint density at radius 2 is 1.18 bits per heavy atom. The molecule has 0 spiro atoms. The van der Waals surface area contributed by atoms with E-state index >= 15 is 0 Å². The first-order chi connectivity index (χ1) is 5.00. The van der Waals surface area contributed by atoms with Crippen LogP contribution in [0.2, 0.25) is 0 Å². The van der Waals surface area contributed by atoms with E-state index in [-0.39, 0.29) is 0 Å². The Morgan fingerprint density at radius 3 is 1.18 bits per heavy atom. The fraction of sp³-hybridized carbons (Fsp3) is 0. The normalized spacial score (nSPS) is 5.45. The van der Waals surface area contributed by atoms with Crippen LogP contribution >= 0.6 is 0 Å². The van der Waals surface area contributed by atoms with Gasteiger partial charge in [0, 0.05) is 0 Å². The fourth-order valence-corrected chi connectivity index (χ4v) is 0. The van der Waals surface area contributed by atoms with Crippen molar-refractivity contribution in [3.63, 3.8) is 0 Å². The maximum atomic E-state index is 9.47. The molecule has 5 nitrogen and oxygen atoms in total. The van der Waals surface area contributed by atoms with E-state index in [1.54, 1.807) is 0 Å². The van der Waals surface area contributed by atoms with Gasteiger partial charge in [-0.05, 0) is 6.08 Å². The van der Waals surface area contributed by atoms with Gasteiger partial charge in [-0.2, -0.15) is 0 Å². The van der Waals surface area contributed by atoms with Crippen molar-refractivity contribution in [3.05, 3.63) is 25.8 Å². The molecule has 0 aromatic heterocycles. The predicted octanol–water partition coefficient (Wildman–Crippen LogP) is -0.516. The molecule has 0 heterocycles. The van der Waals surface area contributed by atoms with Gasteiger partial charge in [-0.3, -0.25) is 4.79 Å². The lowest BCUT2D eigenvalue weighted by molar-refractivity contribution is -0.113. The van der Waals surface area contributed by atoms with Gasteiger partial charge < -0.3 is 17.2 Å². The number of amides is 3. The molecule has 0 bridgehead atoms. The molecule has 0 fully saturated rings. The van der Waals surface area contributed by atoms with Gasteiger partial charge >= 0.3 is 6.03 Å². The summed E-state index contributed by atoms with van der Waals surface area (Å²) in [5.41, 5.74) is 13.0. The van der Waals surface area contributed by atoms with Gasteiger partial charge in [0.1, 0.15) is 0 Å². The molecule has 0 saturated heterocycles. The summed E-state index contributed by atoms with van der Waals surface area (Å²) < 4.78 is 0. The monoisotopic (exact) mass is 159 g/mol. The molecule has 0 aliphatic carbocycles. The number of primary amides is 3. The zero-order chi connectivity index (χ0) is 9.86. The van der Waals surface area contributed by atoms with Gasteiger partial charge in [0.15, 0.2) is 0 Å². The maximum Gasteiger partial charge on any atom is 0.309 e. The predicted molar refractivity (Wildman–Crippen MR) is 44.4 cm³/mol.